The highest BCUT2D eigenvalue weighted by atomic mass is 32.2. The highest BCUT2D eigenvalue weighted by Crippen LogP contribution is 2.24. The molecule has 0 bridgehead atoms. The number of likely N-dealkylation sites (tertiary alicyclic amines) is 1. The molecular weight excluding hydrogens is 380 g/mol. The Bertz CT molecular complexity index is 941. The summed E-state index contributed by atoms with van der Waals surface area (Å²) in [6, 6.07) is 7.87. The van der Waals surface area contributed by atoms with Crippen molar-refractivity contribution >= 4 is 15.9 Å². The van der Waals surface area contributed by atoms with Crippen molar-refractivity contribution in [2.75, 3.05) is 32.9 Å². The minimum atomic E-state index is -3.37. The van der Waals surface area contributed by atoms with Crippen molar-refractivity contribution in [2.45, 2.75) is 26.2 Å². The Morgan fingerprint density at radius 2 is 2.11 bits per heavy atom. The predicted octanol–water partition coefficient (Wildman–Crippen LogP) is 1.72. The molecule has 8 nitrogen and oxygen atoms in total. The third-order valence-corrected chi connectivity index (χ3v) is 6.37. The minimum absolute atomic E-state index is 0.135. The van der Waals surface area contributed by atoms with Crippen LogP contribution in [0.1, 0.15) is 24.3 Å². The molecule has 0 radical (unpaired) electrons. The highest BCUT2D eigenvalue weighted by Gasteiger charge is 2.27. The van der Waals surface area contributed by atoms with Gasteiger partial charge < -0.3 is 9.42 Å². The molecule has 1 aliphatic heterocycles. The van der Waals surface area contributed by atoms with Crippen molar-refractivity contribution in [3.8, 4) is 11.4 Å². The first-order valence-electron chi connectivity index (χ1n) is 9.31. The van der Waals surface area contributed by atoms with E-state index in [9.17, 15) is 13.2 Å². The van der Waals surface area contributed by atoms with Gasteiger partial charge in [0.15, 0.2) is 0 Å². The van der Waals surface area contributed by atoms with E-state index in [2.05, 4.69) is 10.1 Å². The van der Waals surface area contributed by atoms with Crippen LogP contribution in [0.15, 0.2) is 28.8 Å². The maximum atomic E-state index is 12.4. The summed E-state index contributed by atoms with van der Waals surface area (Å²) in [5.74, 6) is 1.17. The number of carbonyl (C=O) groups is 1. The summed E-state index contributed by atoms with van der Waals surface area (Å²) in [5.41, 5.74) is 2.03. The Morgan fingerprint density at radius 1 is 1.36 bits per heavy atom. The summed E-state index contributed by atoms with van der Waals surface area (Å²) in [6.45, 7) is 3.08. The third kappa shape index (κ3) is 4.96. The molecule has 1 saturated heterocycles. The Kier molecular flexibility index (Phi) is 6.14. The van der Waals surface area contributed by atoms with Gasteiger partial charge in [-0.25, -0.2) is 8.42 Å². The monoisotopic (exact) mass is 406 g/mol. The number of carbonyl (C=O) groups excluding carboxylic acids is 1. The number of aryl methyl sites for hydroxylation is 1. The van der Waals surface area contributed by atoms with E-state index < -0.39 is 10.0 Å². The predicted molar refractivity (Wildman–Crippen MR) is 105 cm³/mol. The zero-order valence-corrected chi connectivity index (χ0v) is 17.3. The van der Waals surface area contributed by atoms with Gasteiger partial charge >= 0.3 is 0 Å². The van der Waals surface area contributed by atoms with Crippen LogP contribution >= 0.6 is 0 Å². The standard InChI is InChI=1S/C19H26N4O4S/c1-14-7-4-5-9-16(14)19-20-17(27-21-19)11-15-8-6-10-23(12-15)18(24)13-22(2)28(3,25)26/h4-5,7,9,15H,6,8,10-13H2,1-3H3/t15-/m1/s1. The number of benzene rings is 1. The second-order valence-corrected chi connectivity index (χ2v) is 9.49. The first kappa shape index (κ1) is 20.5. The summed E-state index contributed by atoms with van der Waals surface area (Å²) in [6.07, 6.45) is 3.54. The molecule has 0 saturated carbocycles. The number of likely N-dealkylation sites (N-methyl/N-ethyl adjacent to an activating group) is 1. The van der Waals surface area contributed by atoms with Crippen LogP contribution < -0.4 is 0 Å². The molecule has 0 aliphatic carbocycles. The van der Waals surface area contributed by atoms with Crippen molar-refractivity contribution in [1.82, 2.24) is 19.3 Å². The molecule has 3 rings (SSSR count). The Hall–Kier alpha value is -2.26. The molecule has 9 heteroatoms. The molecule has 1 aliphatic rings. The van der Waals surface area contributed by atoms with Gasteiger partial charge in [-0.05, 0) is 31.2 Å². The van der Waals surface area contributed by atoms with Gasteiger partial charge in [0.1, 0.15) is 0 Å². The van der Waals surface area contributed by atoms with E-state index in [0.29, 0.717) is 31.2 Å². The average molecular weight is 407 g/mol. The Balaban J connectivity index is 1.61. The maximum absolute atomic E-state index is 12.4. The fraction of sp³-hybridized carbons (Fsp3) is 0.526. The number of hydrogen-bond acceptors (Lipinski definition) is 6. The summed E-state index contributed by atoms with van der Waals surface area (Å²) >= 11 is 0. The van der Waals surface area contributed by atoms with Gasteiger partial charge in [0, 0.05) is 32.1 Å². The highest BCUT2D eigenvalue weighted by molar-refractivity contribution is 7.88. The van der Waals surface area contributed by atoms with Crippen LogP contribution in [0.4, 0.5) is 0 Å². The molecule has 152 valence electrons. The number of rotatable bonds is 6. The fourth-order valence-electron chi connectivity index (χ4n) is 3.38. The maximum Gasteiger partial charge on any atom is 0.237 e. The van der Waals surface area contributed by atoms with Gasteiger partial charge in [-0.3, -0.25) is 4.79 Å². The van der Waals surface area contributed by atoms with Crippen molar-refractivity contribution < 1.29 is 17.7 Å². The van der Waals surface area contributed by atoms with Crippen LogP contribution in [0.3, 0.4) is 0 Å². The van der Waals surface area contributed by atoms with Gasteiger partial charge in [0.25, 0.3) is 0 Å². The fourth-order valence-corrected chi connectivity index (χ4v) is 3.73. The van der Waals surface area contributed by atoms with Crippen molar-refractivity contribution in [2.24, 2.45) is 5.92 Å². The van der Waals surface area contributed by atoms with Crippen molar-refractivity contribution in [3.05, 3.63) is 35.7 Å². The van der Waals surface area contributed by atoms with E-state index in [1.165, 1.54) is 7.05 Å². The van der Waals surface area contributed by atoms with Crippen LogP contribution in [0.5, 0.6) is 0 Å². The largest absolute Gasteiger partial charge is 0.341 e. The van der Waals surface area contributed by atoms with Gasteiger partial charge in [0.05, 0.1) is 12.8 Å². The summed E-state index contributed by atoms with van der Waals surface area (Å²) in [4.78, 5) is 18.7. The van der Waals surface area contributed by atoms with Crippen molar-refractivity contribution in [3.63, 3.8) is 0 Å². The second-order valence-electron chi connectivity index (χ2n) is 7.40. The summed E-state index contributed by atoms with van der Waals surface area (Å²) in [7, 11) is -1.96. The smallest absolute Gasteiger partial charge is 0.237 e. The van der Waals surface area contributed by atoms with Gasteiger partial charge in [0.2, 0.25) is 27.6 Å². The molecule has 1 fully saturated rings. The molecule has 2 aromatic rings. The Morgan fingerprint density at radius 3 is 2.82 bits per heavy atom. The molecule has 28 heavy (non-hydrogen) atoms. The number of piperidine rings is 1. The first-order chi connectivity index (χ1) is 13.2. The zero-order valence-electron chi connectivity index (χ0n) is 16.5. The number of hydrogen-bond donors (Lipinski definition) is 0. The zero-order chi connectivity index (χ0) is 20.3. The first-order valence-corrected chi connectivity index (χ1v) is 11.2. The SMILES string of the molecule is Cc1ccccc1-c1noc(C[C@H]2CCCN(C(=O)CN(C)S(C)(=O)=O)C2)n1. The van der Waals surface area contributed by atoms with Crippen LogP contribution in [-0.4, -0.2) is 66.6 Å². The molecule has 1 aromatic carbocycles. The molecule has 1 amide bonds. The summed E-state index contributed by atoms with van der Waals surface area (Å²) < 4.78 is 29.6. The third-order valence-electron chi connectivity index (χ3n) is 5.11. The average Bonchev–Trinajstić information content (AvgIpc) is 3.09. The number of aromatic nitrogens is 2. The van der Waals surface area contributed by atoms with E-state index in [0.717, 1.165) is 34.5 Å². The molecule has 2 heterocycles. The molecule has 1 aromatic heterocycles. The topological polar surface area (TPSA) is 96.6 Å². The molecule has 1 atom stereocenters. The molecule has 0 N–H and O–H groups in total. The normalized spacial score (nSPS) is 17.9. The molecule has 0 unspecified atom stereocenters. The van der Waals surface area contributed by atoms with Gasteiger partial charge in [-0.15, -0.1) is 0 Å². The lowest BCUT2D eigenvalue weighted by Gasteiger charge is -2.33. The lowest BCUT2D eigenvalue weighted by atomic mass is 9.94. The van der Waals surface area contributed by atoms with Gasteiger partial charge in [-0.2, -0.15) is 9.29 Å². The van der Waals surface area contributed by atoms with Crippen LogP contribution in [0, 0.1) is 12.8 Å². The van der Waals surface area contributed by atoms with E-state index in [1.807, 2.05) is 31.2 Å². The molecular formula is C19H26N4O4S. The van der Waals surface area contributed by atoms with Crippen LogP contribution in [0.25, 0.3) is 11.4 Å². The number of sulfonamides is 1. The number of amides is 1. The van der Waals surface area contributed by atoms with E-state index >= 15 is 0 Å². The van der Waals surface area contributed by atoms with Gasteiger partial charge in [-0.1, -0.05) is 29.4 Å². The van der Waals surface area contributed by atoms with Crippen LogP contribution in [0.2, 0.25) is 0 Å². The van der Waals surface area contributed by atoms with E-state index in [-0.39, 0.29) is 18.4 Å². The minimum Gasteiger partial charge on any atom is -0.341 e. The summed E-state index contributed by atoms with van der Waals surface area (Å²) in [5, 5.41) is 4.09. The lowest BCUT2D eigenvalue weighted by molar-refractivity contribution is -0.133. The van der Waals surface area contributed by atoms with Crippen LogP contribution in [-0.2, 0) is 21.2 Å². The molecule has 0 spiro atoms. The Labute approximate surface area is 165 Å². The van der Waals surface area contributed by atoms with Crippen molar-refractivity contribution in [1.29, 1.82) is 0 Å². The second kappa shape index (κ2) is 8.40. The van der Waals surface area contributed by atoms with E-state index in [4.69, 9.17) is 4.52 Å². The number of nitrogens with zero attached hydrogens (tertiary/aromatic N) is 4. The van der Waals surface area contributed by atoms with E-state index in [1.54, 1.807) is 4.90 Å². The lowest BCUT2D eigenvalue weighted by Crippen LogP contribution is -2.45. The quantitative estimate of drug-likeness (QED) is 0.725.